The van der Waals surface area contributed by atoms with Crippen molar-refractivity contribution in [2.24, 2.45) is 11.1 Å². The van der Waals surface area contributed by atoms with Crippen molar-refractivity contribution in [2.45, 2.75) is 26.3 Å². The Bertz CT molecular complexity index is 716. The molecule has 1 amide bonds. The molecule has 8 heteroatoms. The van der Waals surface area contributed by atoms with E-state index in [4.69, 9.17) is 5.73 Å². The molecule has 1 saturated heterocycles. The van der Waals surface area contributed by atoms with Crippen molar-refractivity contribution in [3.63, 3.8) is 0 Å². The van der Waals surface area contributed by atoms with Crippen LogP contribution in [-0.4, -0.2) is 44.9 Å². The number of amides is 1. The van der Waals surface area contributed by atoms with E-state index < -0.39 is 0 Å². The van der Waals surface area contributed by atoms with Gasteiger partial charge in [-0.3, -0.25) is 4.79 Å². The lowest BCUT2D eigenvalue weighted by molar-refractivity contribution is 0.0527. The van der Waals surface area contributed by atoms with Crippen LogP contribution in [0.4, 0.5) is 4.39 Å². The number of carbonyl (C=O) groups excluding carboxylic acids is 1. The van der Waals surface area contributed by atoms with Gasteiger partial charge in [-0.15, -0.1) is 17.5 Å². The van der Waals surface area contributed by atoms with Crippen LogP contribution in [0.5, 0.6) is 0 Å². The fourth-order valence-electron chi connectivity index (χ4n) is 2.77. The third-order valence-electron chi connectivity index (χ3n) is 4.37. The van der Waals surface area contributed by atoms with Gasteiger partial charge in [-0.1, -0.05) is 13.8 Å². The average Bonchev–Trinajstić information content (AvgIpc) is 3.00. The first-order chi connectivity index (χ1) is 10.9. The molecule has 1 atom stereocenters. The predicted molar refractivity (Wildman–Crippen MR) is 90.8 cm³/mol. The van der Waals surface area contributed by atoms with Crippen LogP contribution in [0.3, 0.4) is 0 Å². The molecule has 1 aliphatic heterocycles. The van der Waals surface area contributed by atoms with E-state index >= 15 is 0 Å². The molecular weight excluding hydrogens is 333 g/mol. The maximum atomic E-state index is 13.0. The Hall–Kier alpha value is -1.99. The normalized spacial score (nSPS) is 19.7. The largest absolute Gasteiger partial charge is 0.337 e. The fraction of sp³-hybridized carbons (Fsp3) is 0.438. The van der Waals surface area contributed by atoms with E-state index in [1.807, 2.05) is 0 Å². The Balaban J connectivity index is 0.00000208. The van der Waals surface area contributed by atoms with Gasteiger partial charge in [0.2, 0.25) is 0 Å². The zero-order valence-corrected chi connectivity index (χ0v) is 14.5. The SMILES string of the molecule is CC1(C)CN(C(=O)c2cnn(-c3ccc(F)cc3)n2)CCC1N.Cl. The highest BCUT2D eigenvalue weighted by Gasteiger charge is 2.36. The van der Waals surface area contributed by atoms with Crippen LogP contribution in [0.25, 0.3) is 5.69 Å². The molecule has 1 aromatic carbocycles. The van der Waals surface area contributed by atoms with Crippen LogP contribution < -0.4 is 5.73 Å². The van der Waals surface area contributed by atoms with Crippen molar-refractivity contribution >= 4 is 18.3 Å². The average molecular weight is 354 g/mol. The maximum Gasteiger partial charge on any atom is 0.276 e. The number of hydrogen-bond donors (Lipinski definition) is 1. The van der Waals surface area contributed by atoms with E-state index in [0.29, 0.717) is 18.8 Å². The molecule has 1 unspecified atom stereocenters. The van der Waals surface area contributed by atoms with Gasteiger partial charge in [-0.25, -0.2) is 4.39 Å². The van der Waals surface area contributed by atoms with Crippen LogP contribution in [-0.2, 0) is 0 Å². The number of aromatic nitrogens is 3. The van der Waals surface area contributed by atoms with E-state index in [1.54, 1.807) is 17.0 Å². The summed E-state index contributed by atoms with van der Waals surface area (Å²) < 4.78 is 13.0. The van der Waals surface area contributed by atoms with E-state index in [1.165, 1.54) is 23.1 Å². The van der Waals surface area contributed by atoms with Crippen molar-refractivity contribution in [3.05, 3.63) is 42.0 Å². The Kier molecular flexibility index (Phi) is 5.25. The van der Waals surface area contributed by atoms with Crippen molar-refractivity contribution < 1.29 is 9.18 Å². The van der Waals surface area contributed by atoms with Gasteiger partial charge >= 0.3 is 0 Å². The van der Waals surface area contributed by atoms with Crippen LogP contribution in [0.15, 0.2) is 30.5 Å². The predicted octanol–water partition coefficient (Wildman–Crippen LogP) is 2.03. The summed E-state index contributed by atoms with van der Waals surface area (Å²) in [5, 5.41) is 8.31. The second-order valence-corrected chi connectivity index (χ2v) is 6.61. The Labute approximate surface area is 146 Å². The minimum atomic E-state index is -0.330. The minimum absolute atomic E-state index is 0. The van der Waals surface area contributed by atoms with Gasteiger partial charge in [-0.05, 0) is 36.1 Å². The molecule has 6 nitrogen and oxygen atoms in total. The van der Waals surface area contributed by atoms with Gasteiger partial charge in [0.15, 0.2) is 5.69 Å². The molecule has 0 spiro atoms. The summed E-state index contributed by atoms with van der Waals surface area (Å²) >= 11 is 0. The van der Waals surface area contributed by atoms with Gasteiger partial charge in [0.05, 0.1) is 11.9 Å². The number of hydrogen-bond acceptors (Lipinski definition) is 4. The van der Waals surface area contributed by atoms with Crippen LogP contribution in [0.1, 0.15) is 30.8 Å². The maximum absolute atomic E-state index is 13.0. The van der Waals surface area contributed by atoms with Gasteiger partial charge in [0.1, 0.15) is 5.82 Å². The Morgan fingerprint density at radius 1 is 1.33 bits per heavy atom. The molecule has 2 heterocycles. The molecule has 2 N–H and O–H groups in total. The molecule has 24 heavy (non-hydrogen) atoms. The smallest absolute Gasteiger partial charge is 0.276 e. The second-order valence-electron chi connectivity index (χ2n) is 6.61. The second kappa shape index (κ2) is 6.86. The molecule has 0 aliphatic carbocycles. The van der Waals surface area contributed by atoms with E-state index in [2.05, 4.69) is 24.0 Å². The summed E-state index contributed by atoms with van der Waals surface area (Å²) in [6.45, 7) is 5.34. The standard InChI is InChI=1S/C16H20FN5O.ClH/c1-16(2)10-21(8-7-14(16)18)15(23)13-9-19-22(20-13)12-5-3-11(17)4-6-12;/h3-6,9,14H,7-8,10,18H2,1-2H3;1H. The zero-order chi connectivity index (χ0) is 16.6. The van der Waals surface area contributed by atoms with Crippen molar-refractivity contribution in [1.82, 2.24) is 19.9 Å². The summed E-state index contributed by atoms with van der Waals surface area (Å²) in [6, 6.07) is 5.87. The van der Waals surface area contributed by atoms with Crippen LogP contribution in [0.2, 0.25) is 0 Å². The molecule has 1 aliphatic rings. The highest BCUT2D eigenvalue weighted by Crippen LogP contribution is 2.28. The molecular formula is C16H21ClFN5O. The number of rotatable bonds is 2. The molecule has 1 fully saturated rings. The molecule has 3 rings (SSSR count). The number of piperidine rings is 1. The quantitative estimate of drug-likeness (QED) is 0.896. The van der Waals surface area contributed by atoms with Crippen LogP contribution in [0, 0.1) is 11.2 Å². The monoisotopic (exact) mass is 353 g/mol. The third kappa shape index (κ3) is 3.57. The summed E-state index contributed by atoms with van der Waals surface area (Å²) in [4.78, 5) is 15.7. The van der Waals surface area contributed by atoms with Crippen LogP contribution >= 0.6 is 12.4 Å². The lowest BCUT2D eigenvalue weighted by atomic mass is 9.79. The molecule has 0 saturated carbocycles. The highest BCUT2D eigenvalue weighted by molar-refractivity contribution is 5.92. The number of nitrogens with two attached hydrogens (primary N) is 1. The fourth-order valence-corrected chi connectivity index (χ4v) is 2.77. The minimum Gasteiger partial charge on any atom is -0.337 e. The summed E-state index contributed by atoms with van der Waals surface area (Å²) in [5.41, 5.74) is 6.86. The molecule has 1 aromatic heterocycles. The zero-order valence-electron chi connectivity index (χ0n) is 13.6. The first-order valence-electron chi connectivity index (χ1n) is 7.60. The number of benzene rings is 1. The van der Waals surface area contributed by atoms with E-state index in [-0.39, 0.29) is 41.3 Å². The Morgan fingerprint density at radius 3 is 2.62 bits per heavy atom. The third-order valence-corrected chi connectivity index (χ3v) is 4.37. The first kappa shape index (κ1) is 18.4. The number of carbonyl (C=O) groups is 1. The van der Waals surface area contributed by atoms with Gasteiger partial charge < -0.3 is 10.6 Å². The first-order valence-corrected chi connectivity index (χ1v) is 7.60. The van der Waals surface area contributed by atoms with Gasteiger partial charge in [0.25, 0.3) is 5.91 Å². The molecule has 0 bridgehead atoms. The molecule has 130 valence electrons. The topological polar surface area (TPSA) is 77.0 Å². The molecule has 0 radical (unpaired) electrons. The summed E-state index contributed by atoms with van der Waals surface area (Å²) in [5.74, 6) is -0.484. The Morgan fingerprint density at radius 2 is 2.00 bits per heavy atom. The lowest BCUT2D eigenvalue weighted by Crippen LogP contribution is -2.54. The van der Waals surface area contributed by atoms with Crippen molar-refractivity contribution in [1.29, 1.82) is 0 Å². The number of likely N-dealkylation sites (tertiary alicyclic amines) is 1. The number of halogens is 2. The summed E-state index contributed by atoms with van der Waals surface area (Å²) in [6.07, 6.45) is 2.21. The van der Waals surface area contributed by atoms with Crippen molar-refractivity contribution in [2.75, 3.05) is 13.1 Å². The van der Waals surface area contributed by atoms with Gasteiger partial charge in [0, 0.05) is 19.1 Å². The van der Waals surface area contributed by atoms with E-state index in [9.17, 15) is 9.18 Å². The van der Waals surface area contributed by atoms with E-state index in [0.717, 1.165) is 6.42 Å². The highest BCUT2D eigenvalue weighted by atomic mass is 35.5. The van der Waals surface area contributed by atoms with Gasteiger partial charge in [-0.2, -0.15) is 9.90 Å². The molecule has 2 aromatic rings. The lowest BCUT2D eigenvalue weighted by Gasteiger charge is -2.42. The number of nitrogens with zero attached hydrogens (tertiary/aromatic N) is 4. The van der Waals surface area contributed by atoms with Crippen molar-refractivity contribution in [3.8, 4) is 5.69 Å². The summed E-state index contributed by atoms with van der Waals surface area (Å²) in [7, 11) is 0.